The van der Waals surface area contributed by atoms with E-state index in [1.807, 2.05) is 11.3 Å². The van der Waals surface area contributed by atoms with Gasteiger partial charge in [-0.25, -0.2) is 0 Å². The average Bonchev–Trinajstić information content (AvgIpc) is 2.69. The number of halogens is 1. The third-order valence-corrected chi connectivity index (χ3v) is 5.50. The van der Waals surface area contributed by atoms with Gasteiger partial charge in [0.05, 0.1) is 0 Å². The van der Waals surface area contributed by atoms with Gasteiger partial charge in [0.2, 0.25) is 0 Å². The van der Waals surface area contributed by atoms with Crippen molar-refractivity contribution in [2.75, 3.05) is 0 Å². The Morgan fingerprint density at radius 3 is 2.75 bits per heavy atom. The SMILES string of the molecule is CC(C)C(Br)CCc1csc2ccccc12. The molecule has 16 heavy (non-hydrogen) atoms. The van der Waals surface area contributed by atoms with Crippen LogP contribution in [0.2, 0.25) is 0 Å². The van der Waals surface area contributed by atoms with Crippen LogP contribution < -0.4 is 0 Å². The van der Waals surface area contributed by atoms with Gasteiger partial charge in [0.1, 0.15) is 0 Å². The topological polar surface area (TPSA) is 0 Å². The highest BCUT2D eigenvalue weighted by Crippen LogP contribution is 2.28. The first-order valence-corrected chi connectivity index (χ1v) is 7.57. The highest BCUT2D eigenvalue weighted by atomic mass is 79.9. The molecule has 1 unspecified atom stereocenters. The summed E-state index contributed by atoms with van der Waals surface area (Å²) in [6, 6.07) is 8.69. The van der Waals surface area contributed by atoms with Crippen LogP contribution in [0.4, 0.5) is 0 Å². The maximum Gasteiger partial charge on any atom is 0.0345 e. The van der Waals surface area contributed by atoms with Gasteiger partial charge in [-0.3, -0.25) is 0 Å². The number of rotatable bonds is 4. The van der Waals surface area contributed by atoms with Gasteiger partial charge < -0.3 is 0 Å². The van der Waals surface area contributed by atoms with Crippen molar-refractivity contribution < 1.29 is 0 Å². The van der Waals surface area contributed by atoms with E-state index in [1.54, 1.807) is 0 Å². The molecule has 0 N–H and O–H groups in total. The van der Waals surface area contributed by atoms with E-state index in [0.717, 1.165) is 0 Å². The summed E-state index contributed by atoms with van der Waals surface area (Å²) in [4.78, 5) is 0.631. The lowest BCUT2D eigenvalue weighted by molar-refractivity contribution is 0.583. The Hall–Kier alpha value is -0.340. The molecule has 0 aliphatic rings. The largest absolute Gasteiger partial charge is 0.144 e. The van der Waals surface area contributed by atoms with Crippen LogP contribution in [-0.4, -0.2) is 4.83 Å². The monoisotopic (exact) mass is 296 g/mol. The van der Waals surface area contributed by atoms with Crippen LogP contribution in [0.3, 0.4) is 0 Å². The van der Waals surface area contributed by atoms with E-state index in [1.165, 1.54) is 28.5 Å². The molecule has 0 spiro atoms. The molecule has 1 atom stereocenters. The van der Waals surface area contributed by atoms with E-state index >= 15 is 0 Å². The normalized spacial score (nSPS) is 13.5. The summed E-state index contributed by atoms with van der Waals surface area (Å²) in [6.45, 7) is 4.54. The zero-order valence-corrected chi connectivity index (χ0v) is 12.1. The minimum Gasteiger partial charge on any atom is -0.144 e. The number of alkyl halides is 1. The number of hydrogen-bond donors (Lipinski definition) is 0. The summed E-state index contributed by atoms with van der Waals surface area (Å²) >= 11 is 5.61. The fourth-order valence-electron chi connectivity index (χ4n) is 1.85. The fourth-order valence-corrected chi connectivity index (χ4v) is 3.08. The van der Waals surface area contributed by atoms with Crippen molar-refractivity contribution in [3.8, 4) is 0 Å². The van der Waals surface area contributed by atoms with Crippen molar-refractivity contribution in [2.45, 2.75) is 31.5 Å². The molecule has 1 heterocycles. The predicted octanol–water partition coefficient (Wildman–Crippen LogP) is 5.25. The minimum atomic E-state index is 0.631. The lowest BCUT2D eigenvalue weighted by Crippen LogP contribution is -2.07. The Morgan fingerprint density at radius 1 is 1.25 bits per heavy atom. The maximum absolute atomic E-state index is 3.76. The Labute approximate surface area is 110 Å². The average molecular weight is 297 g/mol. The number of benzene rings is 1. The molecule has 0 nitrogen and oxygen atoms in total. The van der Waals surface area contributed by atoms with E-state index in [-0.39, 0.29) is 0 Å². The Morgan fingerprint density at radius 2 is 2.00 bits per heavy atom. The highest BCUT2D eigenvalue weighted by Gasteiger charge is 2.10. The third kappa shape index (κ3) is 2.67. The van der Waals surface area contributed by atoms with Crippen molar-refractivity contribution in [1.29, 1.82) is 0 Å². The Kier molecular flexibility index (Phi) is 4.04. The molecule has 86 valence electrons. The fraction of sp³-hybridized carbons (Fsp3) is 0.429. The summed E-state index contributed by atoms with van der Waals surface area (Å²) in [5, 5.41) is 3.75. The molecule has 1 aromatic heterocycles. The van der Waals surface area contributed by atoms with Crippen LogP contribution in [0, 0.1) is 5.92 Å². The van der Waals surface area contributed by atoms with E-state index < -0.39 is 0 Å². The van der Waals surface area contributed by atoms with E-state index in [0.29, 0.717) is 10.7 Å². The molecule has 0 radical (unpaired) electrons. The molecule has 0 aliphatic carbocycles. The van der Waals surface area contributed by atoms with Crippen LogP contribution >= 0.6 is 27.3 Å². The highest BCUT2D eigenvalue weighted by molar-refractivity contribution is 9.09. The zero-order valence-electron chi connectivity index (χ0n) is 9.74. The zero-order chi connectivity index (χ0) is 11.5. The maximum atomic E-state index is 3.76. The van der Waals surface area contributed by atoms with Crippen LogP contribution in [0.15, 0.2) is 29.6 Å². The summed E-state index contributed by atoms with van der Waals surface area (Å²) < 4.78 is 1.41. The summed E-state index contributed by atoms with van der Waals surface area (Å²) in [5.41, 5.74) is 1.51. The number of fused-ring (bicyclic) bond motifs is 1. The van der Waals surface area contributed by atoms with E-state index in [2.05, 4.69) is 59.4 Å². The van der Waals surface area contributed by atoms with Crippen molar-refractivity contribution in [3.63, 3.8) is 0 Å². The summed E-state index contributed by atoms with van der Waals surface area (Å²) in [7, 11) is 0. The second-order valence-corrected chi connectivity index (χ2v) is 6.64. The first-order valence-electron chi connectivity index (χ1n) is 5.77. The molecule has 2 heteroatoms. The molecule has 0 aliphatic heterocycles. The number of hydrogen-bond acceptors (Lipinski definition) is 1. The van der Waals surface area contributed by atoms with Crippen LogP contribution in [0.5, 0.6) is 0 Å². The van der Waals surface area contributed by atoms with Gasteiger partial charge in [0, 0.05) is 9.53 Å². The van der Waals surface area contributed by atoms with Crippen LogP contribution in [0.25, 0.3) is 10.1 Å². The van der Waals surface area contributed by atoms with Crippen LogP contribution in [-0.2, 0) is 6.42 Å². The standard InChI is InChI=1S/C14H17BrS/c1-10(2)13(15)8-7-11-9-16-14-6-4-3-5-12(11)14/h3-6,9-10,13H,7-8H2,1-2H3. The van der Waals surface area contributed by atoms with Gasteiger partial charge in [-0.1, -0.05) is 48.0 Å². The van der Waals surface area contributed by atoms with Gasteiger partial charge in [-0.2, -0.15) is 0 Å². The molecular formula is C14H17BrS. The first kappa shape index (κ1) is 12.1. The van der Waals surface area contributed by atoms with Gasteiger partial charge >= 0.3 is 0 Å². The Balaban J connectivity index is 2.10. The molecule has 1 aromatic carbocycles. The lowest BCUT2D eigenvalue weighted by Gasteiger charge is -2.12. The van der Waals surface area contributed by atoms with Crippen molar-refractivity contribution >= 4 is 37.4 Å². The van der Waals surface area contributed by atoms with Gasteiger partial charge in [-0.15, -0.1) is 11.3 Å². The second kappa shape index (κ2) is 5.33. The molecule has 2 rings (SSSR count). The molecular weight excluding hydrogens is 280 g/mol. The smallest absolute Gasteiger partial charge is 0.0345 e. The summed E-state index contributed by atoms with van der Waals surface area (Å²) in [6.07, 6.45) is 2.40. The quantitative estimate of drug-likeness (QED) is 0.676. The van der Waals surface area contributed by atoms with Gasteiger partial charge in [-0.05, 0) is 41.2 Å². The van der Waals surface area contributed by atoms with Crippen molar-refractivity contribution in [2.24, 2.45) is 5.92 Å². The minimum absolute atomic E-state index is 0.631. The first-order chi connectivity index (χ1) is 7.68. The Bertz CT molecular complexity index is 458. The molecule has 0 amide bonds. The van der Waals surface area contributed by atoms with E-state index in [4.69, 9.17) is 0 Å². The third-order valence-electron chi connectivity index (χ3n) is 2.97. The molecule has 0 fully saturated rings. The van der Waals surface area contributed by atoms with Crippen LogP contribution in [0.1, 0.15) is 25.8 Å². The van der Waals surface area contributed by atoms with Gasteiger partial charge in [0.25, 0.3) is 0 Å². The van der Waals surface area contributed by atoms with E-state index in [9.17, 15) is 0 Å². The molecule has 2 aromatic rings. The predicted molar refractivity (Wildman–Crippen MR) is 77.7 cm³/mol. The molecule has 0 saturated heterocycles. The molecule has 0 saturated carbocycles. The van der Waals surface area contributed by atoms with Gasteiger partial charge in [0.15, 0.2) is 0 Å². The molecule has 0 bridgehead atoms. The second-order valence-electron chi connectivity index (χ2n) is 4.56. The number of aryl methyl sites for hydroxylation is 1. The summed E-state index contributed by atoms with van der Waals surface area (Å²) in [5.74, 6) is 0.713. The van der Waals surface area contributed by atoms with Crippen molar-refractivity contribution in [3.05, 3.63) is 35.2 Å². The number of thiophene rings is 1. The van der Waals surface area contributed by atoms with Crippen molar-refractivity contribution in [1.82, 2.24) is 0 Å². The lowest BCUT2D eigenvalue weighted by atomic mass is 10.0.